The molecule has 0 saturated carbocycles. The summed E-state index contributed by atoms with van der Waals surface area (Å²) in [6.07, 6.45) is 0.889. The minimum atomic E-state index is -3.62. The normalized spacial score (nSPS) is 14.6. The maximum Gasteiger partial charge on any atom is 0.240 e. The molecule has 1 aliphatic rings. The number of likely N-dealkylation sites (N-methyl/N-ethyl adjacent to an activating group) is 1. The highest BCUT2D eigenvalue weighted by Gasteiger charge is 2.22. The van der Waals surface area contributed by atoms with Gasteiger partial charge in [-0.3, -0.25) is 0 Å². The van der Waals surface area contributed by atoms with Gasteiger partial charge in [-0.1, -0.05) is 12.1 Å². The number of fused-ring (bicyclic) bond motifs is 1. The number of hydrogen-bond acceptors (Lipinski definition) is 5. The van der Waals surface area contributed by atoms with Gasteiger partial charge in [-0.15, -0.1) is 0 Å². The number of rotatable bonds is 8. The zero-order valence-electron chi connectivity index (χ0n) is 16.9. The van der Waals surface area contributed by atoms with Crippen LogP contribution in [0.25, 0.3) is 0 Å². The van der Waals surface area contributed by atoms with Gasteiger partial charge in [0.25, 0.3) is 0 Å². The Morgan fingerprint density at radius 2 is 2.00 bits per heavy atom. The second kappa shape index (κ2) is 8.51. The summed E-state index contributed by atoms with van der Waals surface area (Å²) in [4.78, 5) is 2.26. The molecule has 0 bridgehead atoms. The first kappa shape index (κ1) is 20.6. The molecule has 2 aromatic rings. The van der Waals surface area contributed by atoms with Gasteiger partial charge in [-0.2, -0.15) is 0 Å². The highest BCUT2D eigenvalue weighted by molar-refractivity contribution is 7.89. The molecule has 0 fully saturated rings. The van der Waals surface area contributed by atoms with Crippen LogP contribution in [0.4, 0.5) is 0 Å². The Morgan fingerprint density at radius 3 is 2.68 bits per heavy atom. The van der Waals surface area contributed by atoms with Crippen LogP contribution in [0.3, 0.4) is 0 Å². The van der Waals surface area contributed by atoms with Gasteiger partial charge < -0.3 is 14.4 Å². The average molecular weight is 405 g/mol. The van der Waals surface area contributed by atoms with E-state index in [9.17, 15) is 8.42 Å². The van der Waals surface area contributed by atoms with Crippen LogP contribution < -0.4 is 14.2 Å². The molecule has 1 aliphatic heterocycles. The lowest BCUT2D eigenvalue weighted by molar-refractivity contribution is 0.299. The lowest BCUT2D eigenvalue weighted by Gasteiger charge is -2.25. The zero-order chi connectivity index (χ0) is 20.3. The summed E-state index contributed by atoms with van der Waals surface area (Å²) in [5.41, 5.74) is 3.04. The van der Waals surface area contributed by atoms with E-state index in [0.717, 1.165) is 23.3 Å². The van der Waals surface area contributed by atoms with Crippen molar-refractivity contribution in [1.29, 1.82) is 0 Å². The molecule has 0 radical (unpaired) electrons. The van der Waals surface area contributed by atoms with Crippen LogP contribution in [0.2, 0.25) is 0 Å². The summed E-state index contributed by atoms with van der Waals surface area (Å²) in [7, 11) is 0.277. The quantitative estimate of drug-likeness (QED) is 0.733. The second-order valence-electron chi connectivity index (χ2n) is 7.16. The smallest absolute Gasteiger partial charge is 0.240 e. The van der Waals surface area contributed by atoms with Crippen molar-refractivity contribution in [3.05, 3.63) is 53.1 Å². The molecule has 152 valence electrons. The highest BCUT2D eigenvalue weighted by Crippen LogP contribution is 2.29. The fourth-order valence-corrected chi connectivity index (χ4v) is 4.51. The average Bonchev–Trinajstić information content (AvgIpc) is 3.11. The minimum absolute atomic E-state index is 0.0792. The van der Waals surface area contributed by atoms with Crippen molar-refractivity contribution < 1.29 is 17.9 Å². The summed E-state index contributed by atoms with van der Waals surface area (Å²) in [6.45, 7) is 5.27. The molecule has 3 rings (SSSR count). The largest absolute Gasteiger partial charge is 0.494 e. The Labute approximate surface area is 167 Å². The molecule has 7 heteroatoms. The van der Waals surface area contributed by atoms with Crippen molar-refractivity contribution in [3.63, 3.8) is 0 Å². The topological polar surface area (TPSA) is 67.9 Å². The van der Waals surface area contributed by atoms with E-state index < -0.39 is 10.0 Å². The van der Waals surface area contributed by atoms with E-state index in [1.54, 1.807) is 18.2 Å². The predicted molar refractivity (Wildman–Crippen MR) is 110 cm³/mol. The van der Waals surface area contributed by atoms with E-state index in [4.69, 9.17) is 9.47 Å². The molecule has 0 spiro atoms. The van der Waals surface area contributed by atoms with Gasteiger partial charge in [0.05, 0.1) is 18.1 Å². The number of nitrogens with zero attached hydrogens (tertiary/aromatic N) is 1. The SMILES string of the molecule is CCOc1ccc(S(=O)(=O)NCC(c2ccc3c(c2)CCO3)N(C)C)cc1C. The first-order valence-electron chi connectivity index (χ1n) is 9.47. The number of hydrogen-bond donors (Lipinski definition) is 1. The molecule has 0 amide bonds. The fourth-order valence-electron chi connectivity index (χ4n) is 3.39. The van der Waals surface area contributed by atoms with E-state index in [1.807, 2.05) is 45.0 Å². The Morgan fingerprint density at radius 1 is 1.21 bits per heavy atom. The zero-order valence-corrected chi connectivity index (χ0v) is 17.7. The Hall–Kier alpha value is -2.09. The summed E-state index contributed by atoms with van der Waals surface area (Å²) >= 11 is 0. The fraction of sp³-hybridized carbons (Fsp3) is 0.429. The van der Waals surface area contributed by atoms with Crippen LogP contribution in [0, 0.1) is 6.92 Å². The van der Waals surface area contributed by atoms with E-state index >= 15 is 0 Å². The number of benzene rings is 2. The van der Waals surface area contributed by atoms with Crippen molar-refractivity contribution in [3.8, 4) is 11.5 Å². The molecular formula is C21H28N2O4S. The summed E-state index contributed by atoms with van der Waals surface area (Å²) in [5, 5.41) is 0. The minimum Gasteiger partial charge on any atom is -0.494 e. The van der Waals surface area contributed by atoms with Crippen molar-refractivity contribution in [2.45, 2.75) is 31.2 Å². The Balaban J connectivity index is 1.77. The molecule has 1 unspecified atom stereocenters. The second-order valence-corrected chi connectivity index (χ2v) is 8.92. The first-order valence-corrected chi connectivity index (χ1v) is 11.0. The number of nitrogens with one attached hydrogen (secondary N) is 1. The molecule has 0 saturated heterocycles. The third kappa shape index (κ3) is 4.48. The highest BCUT2D eigenvalue weighted by atomic mass is 32.2. The third-order valence-electron chi connectivity index (χ3n) is 4.94. The van der Waals surface area contributed by atoms with Crippen LogP contribution in [0.15, 0.2) is 41.3 Å². The molecule has 6 nitrogen and oxygen atoms in total. The maximum absolute atomic E-state index is 12.8. The van der Waals surface area contributed by atoms with E-state index in [-0.39, 0.29) is 17.5 Å². The number of ether oxygens (including phenoxy) is 2. The lowest BCUT2D eigenvalue weighted by atomic mass is 10.0. The molecule has 28 heavy (non-hydrogen) atoms. The lowest BCUT2D eigenvalue weighted by Crippen LogP contribution is -2.34. The van der Waals surface area contributed by atoms with E-state index in [0.29, 0.717) is 19.0 Å². The van der Waals surface area contributed by atoms with Crippen molar-refractivity contribution in [2.75, 3.05) is 33.9 Å². The summed E-state index contributed by atoms with van der Waals surface area (Å²) in [5.74, 6) is 1.62. The summed E-state index contributed by atoms with van der Waals surface area (Å²) < 4.78 is 39.4. The van der Waals surface area contributed by atoms with Crippen molar-refractivity contribution in [1.82, 2.24) is 9.62 Å². The molecular weight excluding hydrogens is 376 g/mol. The molecule has 1 atom stereocenters. The maximum atomic E-state index is 12.8. The third-order valence-corrected chi connectivity index (χ3v) is 6.37. The van der Waals surface area contributed by atoms with Crippen LogP contribution in [-0.2, 0) is 16.4 Å². The van der Waals surface area contributed by atoms with Gasteiger partial charge in [0.1, 0.15) is 11.5 Å². The molecule has 0 aliphatic carbocycles. The number of sulfonamides is 1. The monoisotopic (exact) mass is 404 g/mol. The molecule has 2 aromatic carbocycles. The summed E-state index contributed by atoms with van der Waals surface area (Å²) in [6, 6.07) is 10.9. The van der Waals surface area contributed by atoms with Crippen LogP contribution >= 0.6 is 0 Å². The number of aryl methyl sites for hydroxylation is 1. The molecule has 1 N–H and O–H groups in total. The van der Waals surface area contributed by atoms with Crippen LogP contribution in [-0.4, -0.2) is 47.2 Å². The molecule has 1 heterocycles. The van der Waals surface area contributed by atoms with Crippen molar-refractivity contribution >= 4 is 10.0 Å². The standard InChI is InChI=1S/C21H28N2O4S/c1-5-26-20-9-7-18(12-15(20)2)28(24,25)22-14-19(23(3)4)16-6-8-21-17(13-16)10-11-27-21/h6-9,12-13,19,22H,5,10-11,14H2,1-4H3. The van der Waals surface area contributed by atoms with E-state index in [2.05, 4.69) is 10.8 Å². The van der Waals surface area contributed by atoms with Gasteiger partial charge in [0, 0.05) is 19.0 Å². The van der Waals surface area contributed by atoms with Gasteiger partial charge in [0.15, 0.2) is 0 Å². The van der Waals surface area contributed by atoms with Gasteiger partial charge in [-0.05, 0) is 68.9 Å². The van der Waals surface area contributed by atoms with Gasteiger partial charge in [0.2, 0.25) is 10.0 Å². The molecule has 0 aromatic heterocycles. The predicted octanol–water partition coefficient (Wildman–Crippen LogP) is 2.91. The Kier molecular flexibility index (Phi) is 6.27. The van der Waals surface area contributed by atoms with E-state index in [1.165, 1.54) is 5.56 Å². The van der Waals surface area contributed by atoms with Gasteiger partial charge in [-0.25, -0.2) is 13.1 Å². The van der Waals surface area contributed by atoms with Crippen LogP contribution in [0.5, 0.6) is 11.5 Å². The first-order chi connectivity index (χ1) is 13.3. The van der Waals surface area contributed by atoms with Crippen LogP contribution in [0.1, 0.15) is 29.7 Å². The van der Waals surface area contributed by atoms with Crippen molar-refractivity contribution in [2.24, 2.45) is 0 Å². The van der Waals surface area contributed by atoms with Gasteiger partial charge >= 0.3 is 0 Å². The Bertz CT molecular complexity index is 941.